The zero-order chi connectivity index (χ0) is 10.8. The molecule has 0 aromatic heterocycles. The molecule has 78 valence electrons. The van der Waals surface area contributed by atoms with Crippen LogP contribution in [-0.2, 0) is 6.42 Å². The molecule has 1 heteroatoms. The molecular weight excluding hydrogens is 172 g/mol. The Bertz CT molecular complexity index is 313. The molecule has 1 aliphatic rings. The fraction of sp³-hybridized carbons (Fsp3) is 0.538. The Labute approximate surface area is 87.1 Å². The number of ether oxygens (including phenoxy) is 1. The lowest BCUT2D eigenvalue weighted by molar-refractivity contribution is 0.138. The molecule has 0 radical (unpaired) electrons. The first-order valence-electron chi connectivity index (χ1n) is 5.35. The van der Waals surface area contributed by atoms with E-state index in [-0.39, 0.29) is 5.60 Å². The zero-order valence-corrected chi connectivity index (χ0v) is 9.85. The maximum atomic E-state index is 5.75. The van der Waals surface area contributed by atoms with Crippen LogP contribution in [0.1, 0.15) is 38.8 Å². The molecule has 0 saturated heterocycles. The summed E-state index contributed by atoms with van der Waals surface area (Å²) in [6, 6.07) is 6.38. The maximum Gasteiger partial charge on any atom is 0.123 e. The minimum absolute atomic E-state index is 0.00384. The van der Waals surface area contributed by atoms with E-state index in [1.165, 1.54) is 11.1 Å². The lowest BCUT2D eigenvalue weighted by Crippen LogP contribution is -2.24. The first-order chi connectivity index (χ1) is 6.57. The molecule has 0 bridgehead atoms. The molecular formula is C13H20O. The summed E-state index contributed by atoms with van der Waals surface area (Å²) in [4.78, 5) is 0. The van der Waals surface area contributed by atoms with E-state index in [9.17, 15) is 0 Å². The van der Waals surface area contributed by atoms with Crippen molar-refractivity contribution in [3.05, 3.63) is 29.3 Å². The second-order valence-electron chi connectivity index (χ2n) is 4.15. The van der Waals surface area contributed by atoms with Gasteiger partial charge in [-0.15, -0.1) is 0 Å². The highest BCUT2D eigenvalue weighted by Gasteiger charge is 2.29. The second-order valence-corrected chi connectivity index (χ2v) is 4.15. The summed E-state index contributed by atoms with van der Waals surface area (Å²) in [7, 11) is 0. The van der Waals surface area contributed by atoms with Gasteiger partial charge < -0.3 is 4.74 Å². The lowest BCUT2D eigenvalue weighted by atomic mass is 10.0. The van der Waals surface area contributed by atoms with Crippen molar-refractivity contribution >= 4 is 0 Å². The molecule has 0 aliphatic carbocycles. The van der Waals surface area contributed by atoms with Gasteiger partial charge in [-0.05, 0) is 32.4 Å². The van der Waals surface area contributed by atoms with Gasteiger partial charge in [-0.2, -0.15) is 0 Å². The summed E-state index contributed by atoms with van der Waals surface area (Å²) in [6.07, 6.45) is 1.03. The van der Waals surface area contributed by atoms with E-state index >= 15 is 0 Å². The standard InChI is InChI=1S/C11H14O.C2H6/c1-8-4-5-10-9(6-8)7-11(2,3)12-10;1-2/h4-6H,7H2,1-3H3;1-2H3. The molecule has 2 rings (SSSR count). The van der Waals surface area contributed by atoms with Crippen LogP contribution in [0.3, 0.4) is 0 Å². The van der Waals surface area contributed by atoms with E-state index in [0.29, 0.717) is 0 Å². The fourth-order valence-electron chi connectivity index (χ4n) is 1.74. The monoisotopic (exact) mass is 192 g/mol. The van der Waals surface area contributed by atoms with E-state index in [0.717, 1.165) is 12.2 Å². The van der Waals surface area contributed by atoms with E-state index < -0.39 is 0 Å². The number of benzene rings is 1. The summed E-state index contributed by atoms with van der Waals surface area (Å²) in [5.41, 5.74) is 2.66. The summed E-state index contributed by atoms with van der Waals surface area (Å²) >= 11 is 0. The normalized spacial score (nSPS) is 16.4. The van der Waals surface area contributed by atoms with Gasteiger partial charge in [0.2, 0.25) is 0 Å². The Balaban J connectivity index is 0.000000461. The molecule has 1 aromatic carbocycles. The lowest BCUT2D eigenvalue weighted by Gasteiger charge is -2.16. The number of hydrogen-bond acceptors (Lipinski definition) is 1. The first-order valence-corrected chi connectivity index (χ1v) is 5.35. The quantitative estimate of drug-likeness (QED) is 0.608. The van der Waals surface area contributed by atoms with Crippen molar-refractivity contribution in [3.63, 3.8) is 0 Å². The molecule has 0 unspecified atom stereocenters. The predicted molar refractivity (Wildman–Crippen MR) is 60.9 cm³/mol. The molecule has 0 fully saturated rings. The van der Waals surface area contributed by atoms with Crippen molar-refractivity contribution in [2.75, 3.05) is 0 Å². The molecule has 0 atom stereocenters. The van der Waals surface area contributed by atoms with Crippen LogP contribution < -0.4 is 4.74 Å². The van der Waals surface area contributed by atoms with E-state index in [1.807, 2.05) is 13.8 Å². The highest BCUT2D eigenvalue weighted by Crippen LogP contribution is 2.34. The molecule has 14 heavy (non-hydrogen) atoms. The fourth-order valence-corrected chi connectivity index (χ4v) is 1.74. The SMILES string of the molecule is CC.Cc1ccc2c(c1)CC(C)(C)O2. The van der Waals surface area contributed by atoms with Gasteiger partial charge in [-0.25, -0.2) is 0 Å². The Morgan fingerprint density at radius 2 is 1.86 bits per heavy atom. The number of fused-ring (bicyclic) bond motifs is 1. The van der Waals surface area contributed by atoms with Crippen LogP contribution in [0, 0.1) is 6.92 Å². The van der Waals surface area contributed by atoms with Gasteiger partial charge in [0.15, 0.2) is 0 Å². The molecule has 0 N–H and O–H groups in total. The Morgan fingerprint density at radius 3 is 2.50 bits per heavy atom. The third-order valence-electron chi connectivity index (χ3n) is 2.22. The molecule has 1 aliphatic heterocycles. The smallest absolute Gasteiger partial charge is 0.123 e. The largest absolute Gasteiger partial charge is 0.487 e. The molecule has 0 spiro atoms. The highest BCUT2D eigenvalue weighted by molar-refractivity contribution is 5.41. The van der Waals surface area contributed by atoms with Crippen LogP contribution in [0.25, 0.3) is 0 Å². The third-order valence-corrected chi connectivity index (χ3v) is 2.22. The van der Waals surface area contributed by atoms with Gasteiger partial charge in [0.05, 0.1) is 0 Å². The number of rotatable bonds is 0. The van der Waals surface area contributed by atoms with Crippen LogP contribution in [0.4, 0.5) is 0 Å². The molecule has 1 heterocycles. The minimum atomic E-state index is -0.00384. The van der Waals surface area contributed by atoms with Crippen molar-refractivity contribution in [1.82, 2.24) is 0 Å². The van der Waals surface area contributed by atoms with Crippen molar-refractivity contribution < 1.29 is 4.74 Å². The summed E-state index contributed by atoms with van der Waals surface area (Å²) in [5.74, 6) is 1.06. The van der Waals surface area contributed by atoms with Gasteiger partial charge in [0.25, 0.3) is 0 Å². The summed E-state index contributed by atoms with van der Waals surface area (Å²) < 4.78 is 5.75. The van der Waals surface area contributed by atoms with Crippen molar-refractivity contribution in [2.24, 2.45) is 0 Å². The van der Waals surface area contributed by atoms with E-state index in [4.69, 9.17) is 4.74 Å². The van der Waals surface area contributed by atoms with Crippen LogP contribution in [-0.4, -0.2) is 5.60 Å². The Morgan fingerprint density at radius 1 is 1.21 bits per heavy atom. The van der Waals surface area contributed by atoms with Gasteiger partial charge in [0, 0.05) is 6.42 Å². The highest BCUT2D eigenvalue weighted by atomic mass is 16.5. The minimum Gasteiger partial charge on any atom is -0.487 e. The number of hydrogen-bond donors (Lipinski definition) is 0. The Kier molecular flexibility index (Phi) is 3.20. The average molecular weight is 192 g/mol. The van der Waals surface area contributed by atoms with Crippen molar-refractivity contribution in [3.8, 4) is 5.75 Å². The van der Waals surface area contributed by atoms with Crippen LogP contribution >= 0.6 is 0 Å². The van der Waals surface area contributed by atoms with Gasteiger partial charge >= 0.3 is 0 Å². The van der Waals surface area contributed by atoms with Crippen LogP contribution in [0.5, 0.6) is 5.75 Å². The molecule has 1 aromatic rings. The summed E-state index contributed by atoms with van der Waals surface area (Å²) in [6.45, 7) is 10.4. The first kappa shape index (κ1) is 11.1. The Hall–Kier alpha value is -0.980. The molecule has 1 nitrogen and oxygen atoms in total. The van der Waals surface area contributed by atoms with E-state index in [2.05, 4.69) is 39.0 Å². The predicted octanol–water partition coefficient (Wildman–Crippen LogP) is 3.73. The average Bonchev–Trinajstić information content (AvgIpc) is 2.41. The van der Waals surface area contributed by atoms with Gasteiger partial charge in [-0.1, -0.05) is 31.5 Å². The van der Waals surface area contributed by atoms with E-state index in [1.54, 1.807) is 0 Å². The summed E-state index contributed by atoms with van der Waals surface area (Å²) in [5, 5.41) is 0. The molecule has 0 saturated carbocycles. The van der Waals surface area contributed by atoms with Gasteiger partial charge in [0.1, 0.15) is 11.4 Å². The number of aryl methyl sites for hydroxylation is 1. The third kappa shape index (κ3) is 2.28. The van der Waals surface area contributed by atoms with Crippen molar-refractivity contribution in [2.45, 2.75) is 46.6 Å². The van der Waals surface area contributed by atoms with Crippen LogP contribution in [0.15, 0.2) is 18.2 Å². The zero-order valence-electron chi connectivity index (χ0n) is 9.85. The second kappa shape index (κ2) is 4.04. The van der Waals surface area contributed by atoms with Gasteiger partial charge in [-0.3, -0.25) is 0 Å². The maximum absolute atomic E-state index is 5.75. The van der Waals surface area contributed by atoms with Crippen LogP contribution in [0.2, 0.25) is 0 Å². The molecule has 0 amide bonds. The topological polar surface area (TPSA) is 9.23 Å². The van der Waals surface area contributed by atoms with Crippen molar-refractivity contribution in [1.29, 1.82) is 0 Å².